The van der Waals surface area contributed by atoms with Crippen molar-refractivity contribution in [3.8, 4) is 5.75 Å². The van der Waals surface area contributed by atoms with Crippen molar-refractivity contribution in [2.24, 2.45) is 0 Å². The molecule has 1 amide bonds. The van der Waals surface area contributed by atoms with Gasteiger partial charge in [0.15, 0.2) is 0 Å². The Bertz CT molecular complexity index is 511. The number of hydrogen-bond acceptors (Lipinski definition) is 3. The average Bonchev–Trinajstić information content (AvgIpc) is 2.47. The number of nitrogens with zero attached hydrogens (tertiary/aromatic N) is 1. The molecule has 0 bridgehead atoms. The number of anilines is 1. The smallest absolute Gasteiger partial charge is 0.230 e. The third kappa shape index (κ3) is 2.37. The second kappa shape index (κ2) is 4.80. The lowest BCUT2D eigenvalue weighted by molar-refractivity contribution is -0.124. The van der Waals surface area contributed by atoms with Gasteiger partial charge in [-0.15, -0.1) is 0 Å². The van der Waals surface area contributed by atoms with E-state index in [-0.39, 0.29) is 5.91 Å². The van der Waals surface area contributed by atoms with Crippen LogP contribution in [0.1, 0.15) is 19.3 Å². The first kappa shape index (κ1) is 12.9. The van der Waals surface area contributed by atoms with Gasteiger partial charge in [-0.05, 0) is 18.2 Å². The largest absolute Gasteiger partial charge is 0.484 e. The molecule has 4 nitrogen and oxygen atoms in total. The minimum absolute atomic E-state index is 0.1000. The molecular weight excluding hydrogens is 310 g/mol. The van der Waals surface area contributed by atoms with E-state index >= 15 is 0 Å². The van der Waals surface area contributed by atoms with Gasteiger partial charge in [-0.1, -0.05) is 15.9 Å². The summed E-state index contributed by atoms with van der Waals surface area (Å²) in [4.78, 5) is 14.0. The number of rotatable bonds is 0. The van der Waals surface area contributed by atoms with Gasteiger partial charge in [-0.25, -0.2) is 0 Å². The maximum Gasteiger partial charge on any atom is 0.230 e. The minimum Gasteiger partial charge on any atom is -0.484 e. The zero-order chi connectivity index (χ0) is 13.5. The van der Waals surface area contributed by atoms with E-state index in [1.54, 1.807) is 11.9 Å². The fraction of sp³-hybridized carbons (Fsp3) is 0.500. The van der Waals surface area contributed by atoms with Crippen LogP contribution in [0.25, 0.3) is 0 Å². The molecule has 2 heterocycles. The van der Waals surface area contributed by atoms with Crippen molar-refractivity contribution >= 4 is 27.5 Å². The Morgan fingerprint density at radius 3 is 2.79 bits per heavy atom. The van der Waals surface area contributed by atoms with Crippen LogP contribution in [0.2, 0.25) is 0 Å². The molecule has 0 saturated carbocycles. The maximum absolute atomic E-state index is 12.3. The molecule has 1 fully saturated rings. The van der Waals surface area contributed by atoms with E-state index in [9.17, 15) is 4.79 Å². The van der Waals surface area contributed by atoms with Gasteiger partial charge in [0.25, 0.3) is 0 Å². The van der Waals surface area contributed by atoms with Gasteiger partial charge in [0.2, 0.25) is 5.91 Å². The second-order valence-electron chi connectivity index (χ2n) is 5.14. The number of ether oxygens (including phenoxy) is 2. The summed E-state index contributed by atoms with van der Waals surface area (Å²) in [5.41, 5.74) is 0.423. The van der Waals surface area contributed by atoms with Crippen LogP contribution in [0.3, 0.4) is 0 Å². The van der Waals surface area contributed by atoms with E-state index in [0.29, 0.717) is 19.6 Å². The highest BCUT2D eigenvalue weighted by atomic mass is 79.9. The molecule has 19 heavy (non-hydrogen) atoms. The van der Waals surface area contributed by atoms with Gasteiger partial charge in [0.1, 0.15) is 11.4 Å². The van der Waals surface area contributed by atoms with Crippen molar-refractivity contribution in [3.05, 3.63) is 22.7 Å². The molecule has 0 atom stereocenters. The van der Waals surface area contributed by atoms with Crippen molar-refractivity contribution < 1.29 is 14.3 Å². The lowest BCUT2D eigenvalue weighted by Crippen LogP contribution is -2.44. The van der Waals surface area contributed by atoms with Crippen LogP contribution in [0.15, 0.2) is 22.7 Å². The Balaban J connectivity index is 2.04. The highest BCUT2D eigenvalue weighted by Crippen LogP contribution is 2.41. The van der Waals surface area contributed by atoms with Gasteiger partial charge in [-0.3, -0.25) is 4.79 Å². The number of fused-ring (bicyclic) bond motifs is 1. The molecular formula is C14H16BrNO3. The molecule has 3 rings (SSSR count). The molecule has 1 saturated heterocycles. The summed E-state index contributed by atoms with van der Waals surface area (Å²) >= 11 is 3.46. The summed E-state index contributed by atoms with van der Waals surface area (Å²) < 4.78 is 12.6. The number of carbonyl (C=O) groups excluding carboxylic acids is 1. The third-order valence-corrected chi connectivity index (χ3v) is 4.35. The van der Waals surface area contributed by atoms with Crippen molar-refractivity contribution in [2.45, 2.75) is 24.9 Å². The van der Waals surface area contributed by atoms with Crippen LogP contribution >= 0.6 is 15.9 Å². The quantitative estimate of drug-likeness (QED) is 0.736. The number of halogens is 1. The standard InChI is InChI=1S/C14H16BrNO3/c1-16-11-3-2-10(15)8-12(11)19-14(9-13(16)17)4-6-18-7-5-14/h2-3,8H,4-7,9H2,1H3. The number of benzene rings is 1. The van der Waals surface area contributed by atoms with Crippen LogP contribution in [0.4, 0.5) is 5.69 Å². The van der Waals surface area contributed by atoms with Gasteiger partial charge in [0, 0.05) is 24.4 Å². The second-order valence-corrected chi connectivity index (χ2v) is 6.05. The van der Waals surface area contributed by atoms with Gasteiger partial charge in [0.05, 0.1) is 25.3 Å². The number of amides is 1. The molecule has 1 spiro atoms. The number of carbonyl (C=O) groups is 1. The summed E-state index contributed by atoms with van der Waals surface area (Å²) in [6.45, 7) is 1.31. The topological polar surface area (TPSA) is 38.8 Å². The zero-order valence-electron chi connectivity index (χ0n) is 10.8. The van der Waals surface area contributed by atoms with E-state index in [2.05, 4.69) is 15.9 Å². The lowest BCUT2D eigenvalue weighted by Gasteiger charge is -2.35. The first-order valence-electron chi connectivity index (χ1n) is 6.43. The summed E-state index contributed by atoms with van der Waals surface area (Å²) in [6.07, 6.45) is 1.94. The van der Waals surface area contributed by atoms with Crippen molar-refractivity contribution in [2.75, 3.05) is 25.2 Å². The van der Waals surface area contributed by atoms with Gasteiger partial charge < -0.3 is 14.4 Å². The Kier molecular flexibility index (Phi) is 3.27. The van der Waals surface area contributed by atoms with Crippen LogP contribution in [0, 0.1) is 0 Å². The first-order chi connectivity index (χ1) is 9.10. The predicted molar refractivity (Wildman–Crippen MR) is 75.6 cm³/mol. The molecule has 102 valence electrons. The fourth-order valence-corrected chi connectivity index (χ4v) is 3.01. The Morgan fingerprint density at radius 2 is 2.05 bits per heavy atom. The fourth-order valence-electron chi connectivity index (χ4n) is 2.67. The molecule has 2 aliphatic rings. The average molecular weight is 326 g/mol. The third-order valence-electron chi connectivity index (χ3n) is 3.86. The van der Waals surface area contributed by atoms with Crippen molar-refractivity contribution in [1.29, 1.82) is 0 Å². The molecule has 0 aliphatic carbocycles. The van der Waals surface area contributed by atoms with Crippen LogP contribution < -0.4 is 9.64 Å². The molecule has 0 unspecified atom stereocenters. The molecule has 1 aromatic carbocycles. The maximum atomic E-state index is 12.3. The van der Waals surface area contributed by atoms with E-state index in [0.717, 1.165) is 28.8 Å². The summed E-state index contributed by atoms with van der Waals surface area (Å²) in [5, 5.41) is 0. The highest BCUT2D eigenvalue weighted by molar-refractivity contribution is 9.10. The van der Waals surface area contributed by atoms with Crippen LogP contribution in [0.5, 0.6) is 5.75 Å². The highest BCUT2D eigenvalue weighted by Gasteiger charge is 2.41. The van der Waals surface area contributed by atoms with Gasteiger partial charge >= 0.3 is 0 Å². The summed E-state index contributed by atoms with van der Waals surface area (Å²) in [7, 11) is 1.80. The monoisotopic (exact) mass is 325 g/mol. The van der Waals surface area contributed by atoms with E-state index in [1.165, 1.54) is 0 Å². The Hall–Kier alpha value is -1.07. The van der Waals surface area contributed by atoms with E-state index in [4.69, 9.17) is 9.47 Å². The predicted octanol–water partition coefficient (Wildman–Crippen LogP) is 2.74. The first-order valence-corrected chi connectivity index (χ1v) is 7.22. The zero-order valence-corrected chi connectivity index (χ0v) is 12.4. The van der Waals surface area contributed by atoms with Crippen molar-refractivity contribution in [1.82, 2.24) is 0 Å². The van der Waals surface area contributed by atoms with Crippen LogP contribution in [-0.4, -0.2) is 31.8 Å². The summed E-state index contributed by atoms with van der Waals surface area (Å²) in [6, 6.07) is 5.77. The molecule has 2 aliphatic heterocycles. The normalized spacial score (nSPS) is 21.8. The van der Waals surface area contributed by atoms with Crippen LogP contribution in [-0.2, 0) is 9.53 Å². The lowest BCUT2D eigenvalue weighted by atomic mass is 9.90. The Morgan fingerprint density at radius 1 is 1.32 bits per heavy atom. The minimum atomic E-state index is -0.407. The summed E-state index contributed by atoms with van der Waals surface area (Å²) in [5.74, 6) is 0.868. The molecule has 0 aromatic heterocycles. The van der Waals surface area contributed by atoms with Gasteiger partial charge in [-0.2, -0.15) is 0 Å². The molecule has 1 aromatic rings. The number of hydrogen-bond donors (Lipinski definition) is 0. The van der Waals surface area contributed by atoms with E-state index < -0.39 is 5.60 Å². The van der Waals surface area contributed by atoms with E-state index in [1.807, 2.05) is 18.2 Å². The molecule has 5 heteroatoms. The Labute approximate surface area is 120 Å². The SMILES string of the molecule is CN1C(=O)CC2(CCOCC2)Oc2cc(Br)ccc21. The molecule has 0 radical (unpaired) electrons. The molecule has 0 N–H and O–H groups in total. The van der Waals surface area contributed by atoms with Crippen molar-refractivity contribution in [3.63, 3.8) is 0 Å².